The first kappa shape index (κ1) is 22.7. The van der Waals surface area contributed by atoms with Crippen LogP contribution in [0.2, 0.25) is 0 Å². The Morgan fingerprint density at radius 1 is 1.09 bits per heavy atom. The predicted octanol–water partition coefficient (Wildman–Crippen LogP) is 5.24. The largest absolute Gasteiger partial charge is 0.356 e. The fourth-order valence-electron chi connectivity index (χ4n) is 5.44. The van der Waals surface area contributed by atoms with Gasteiger partial charge in [0.1, 0.15) is 18.0 Å². The summed E-state index contributed by atoms with van der Waals surface area (Å²) in [7, 11) is 0. The summed E-state index contributed by atoms with van der Waals surface area (Å²) in [5.41, 5.74) is 2.79. The summed E-state index contributed by atoms with van der Waals surface area (Å²) >= 11 is 0. The third-order valence-electron chi connectivity index (χ3n) is 7.33. The number of hydrogen-bond donors (Lipinski definition) is 0. The number of piperidine rings is 1. The van der Waals surface area contributed by atoms with Crippen LogP contribution in [0.1, 0.15) is 81.3 Å². The van der Waals surface area contributed by atoms with E-state index in [9.17, 15) is 9.18 Å². The van der Waals surface area contributed by atoms with E-state index in [1.54, 1.807) is 12.4 Å². The zero-order chi connectivity index (χ0) is 22.9. The minimum Gasteiger partial charge on any atom is -0.356 e. The summed E-state index contributed by atoms with van der Waals surface area (Å²) in [6.45, 7) is 9.98. The summed E-state index contributed by atoms with van der Waals surface area (Å²) in [6.07, 6.45) is 10.5. The number of aromatic nitrogens is 2. The lowest BCUT2D eigenvalue weighted by molar-refractivity contribution is 0.0642. The van der Waals surface area contributed by atoms with Gasteiger partial charge in [0.2, 0.25) is 0 Å². The molecule has 1 aromatic carbocycles. The van der Waals surface area contributed by atoms with Crippen LogP contribution in [0, 0.1) is 11.2 Å². The highest BCUT2D eigenvalue weighted by Crippen LogP contribution is 2.49. The molecule has 2 aromatic rings. The van der Waals surface area contributed by atoms with Crippen LogP contribution in [0.4, 0.5) is 10.2 Å². The number of benzene rings is 1. The SMILES string of the molecule is CC(C)N(C(=O)c1cc(F)ccc1Cc1cncnc1N1CCC2(CCC2)CC1)C(C)C. The number of amides is 1. The van der Waals surface area contributed by atoms with Gasteiger partial charge in [-0.15, -0.1) is 0 Å². The summed E-state index contributed by atoms with van der Waals surface area (Å²) in [5, 5.41) is 0. The molecule has 1 spiro atoms. The van der Waals surface area contributed by atoms with Gasteiger partial charge in [-0.2, -0.15) is 0 Å². The molecule has 172 valence electrons. The van der Waals surface area contributed by atoms with E-state index in [2.05, 4.69) is 14.9 Å². The number of carbonyl (C=O) groups is 1. The Morgan fingerprint density at radius 3 is 2.38 bits per heavy atom. The predicted molar refractivity (Wildman–Crippen MR) is 125 cm³/mol. The fraction of sp³-hybridized carbons (Fsp3) is 0.577. The van der Waals surface area contributed by atoms with Crippen LogP contribution in [-0.2, 0) is 6.42 Å². The van der Waals surface area contributed by atoms with Gasteiger partial charge in [0.25, 0.3) is 5.91 Å². The highest BCUT2D eigenvalue weighted by molar-refractivity contribution is 5.96. The summed E-state index contributed by atoms with van der Waals surface area (Å²) < 4.78 is 14.2. The van der Waals surface area contributed by atoms with Crippen molar-refractivity contribution >= 4 is 11.7 Å². The Balaban J connectivity index is 1.61. The van der Waals surface area contributed by atoms with Crippen LogP contribution in [0.25, 0.3) is 0 Å². The van der Waals surface area contributed by atoms with Crippen molar-refractivity contribution < 1.29 is 9.18 Å². The van der Waals surface area contributed by atoms with Crippen LogP contribution in [0.5, 0.6) is 0 Å². The van der Waals surface area contributed by atoms with E-state index in [4.69, 9.17) is 0 Å². The average molecular weight is 439 g/mol. The zero-order valence-corrected chi connectivity index (χ0v) is 19.8. The van der Waals surface area contributed by atoms with E-state index in [1.807, 2.05) is 38.8 Å². The number of hydrogen-bond acceptors (Lipinski definition) is 4. The topological polar surface area (TPSA) is 49.3 Å². The third-order valence-corrected chi connectivity index (χ3v) is 7.33. The lowest BCUT2D eigenvalue weighted by atomic mass is 9.63. The number of nitrogens with zero attached hydrogens (tertiary/aromatic N) is 4. The molecule has 5 nitrogen and oxygen atoms in total. The first-order chi connectivity index (χ1) is 15.3. The second-order valence-electron chi connectivity index (χ2n) is 10.1. The molecule has 2 aliphatic rings. The van der Waals surface area contributed by atoms with Gasteiger partial charge in [-0.25, -0.2) is 14.4 Å². The first-order valence-corrected chi connectivity index (χ1v) is 11.9. The third kappa shape index (κ3) is 4.50. The van der Waals surface area contributed by atoms with Crippen molar-refractivity contribution in [3.8, 4) is 0 Å². The second-order valence-corrected chi connectivity index (χ2v) is 10.1. The van der Waals surface area contributed by atoms with E-state index in [-0.39, 0.29) is 18.0 Å². The number of halogens is 1. The maximum atomic E-state index is 14.2. The van der Waals surface area contributed by atoms with Gasteiger partial charge in [-0.3, -0.25) is 4.79 Å². The number of rotatable bonds is 6. The van der Waals surface area contributed by atoms with Gasteiger partial charge in [0, 0.05) is 48.9 Å². The van der Waals surface area contributed by atoms with Crippen molar-refractivity contribution in [1.82, 2.24) is 14.9 Å². The van der Waals surface area contributed by atoms with Gasteiger partial charge in [0.05, 0.1) is 0 Å². The van der Waals surface area contributed by atoms with Crippen molar-refractivity contribution in [2.24, 2.45) is 5.41 Å². The lowest BCUT2D eigenvalue weighted by Crippen LogP contribution is -2.44. The van der Waals surface area contributed by atoms with Crippen molar-refractivity contribution in [2.45, 2.75) is 78.3 Å². The minimum absolute atomic E-state index is 0.0291. The molecule has 0 N–H and O–H groups in total. The molecule has 0 unspecified atom stereocenters. The van der Waals surface area contributed by atoms with Gasteiger partial charge in [-0.05, 0) is 76.5 Å². The molecular weight excluding hydrogens is 403 g/mol. The monoisotopic (exact) mass is 438 g/mol. The maximum absolute atomic E-state index is 14.2. The summed E-state index contributed by atoms with van der Waals surface area (Å²) in [6, 6.07) is 4.60. The van der Waals surface area contributed by atoms with Crippen molar-refractivity contribution in [3.05, 3.63) is 53.2 Å². The first-order valence-electron chi connectivity index (χ1n) is 11.9. The number of anilines is 1. The van der Waals surface area contributed by atoms with Crippen LogP contribution in [0.3, 0.4) is 0 Å². The molecule has 32 heavy (non-hydrogen) atoms. The number of carbonyl (C=O) groups excluding carboxylic acids is 1. The quantitative estimate of drug-likeness (QED) is 0.619. The normalized spacial score (nSPS) is 17.7. The molecule has 2 heterocycles. The van der Waals surface area contributed by atoms with Crippen LogP contribution in [0.15, 0.2) is 30.7 Å². The molecule has 0 bridgehead atoms. The van der Waals surface area contributed by atoms with Gasteiger partial charge in [0.15, 0.2) is 0 Å². The highest BCUT2D eigenvalue weighted by atomic mass is 19.1. The van der Waals surface area contributed by atoms with Gasteiger partial charge in [-0.1, -0.05) is 12.5 Å². The molecule has 6 heteroatoms. The van der Waals surface area contributed by atoms with Crippen LogP contribution in [-0.4, -0.2) is 45.9 Å². The summed E-state index contributed by atoms with van der Waals surface area (Å²) in [5.74, 6) is 0.421. The average Bonchev–Trinajstić information content (AvgIpc) is 2.74. The van der Waals surface area contributed by atoms with Gasteiger partial charge < -0.3 is 9.80 Å². The fourth-order valence-corrected chi connectivity index (χ4v) is 5.44. The van der Waals surface area contributed by atoms with Crippen molar-refractivity contribution in [3.63, 3.8) is 0 Å². The standard InChI is InChI=1S/C26H35FN4O/c1-18(2)31(19(3)4)25(32)23-15-22(27)7-6-20(23)14-21-16-28-17-29-24(21)30-12-10-26(11-13-30)8-5-9-26/h6-7,15-19H,5,8-14H2,1-4H3. The maximum Gasteiger partial charge on any atom is 0.254 e. The molecule has 0 radical (unpaired) electrons. The molecule has 1 aromatic heterocycles. The van der Waals surface area contributed by atoms with Crippen molar-refractivity contribution in [2.75, 3.05) is 18.0 Å². The molecule has 1 aliphatic carbocycles. The van der Waals surface area contributed by atoms with E-state index in [0.717, 1.165) is 30.0 Å². The van der Waals surface area contributed by atoms with E-state index in [1.165, 1.54) is 44.2 Å². The summed E-state index contributed by atoms with van der Waals surface area (Å²) in [4.78, 5) is 26.5. The smallest absolute Gasteiger partial charge is 0.254 e. The van der Waals surface area contributed by atoms with Gasteiger partial charge >= 0.3 is 0 Å². The Hall–Kier alpha value is -2.50. The molecule has 1 saturated heterocycles. The molecule has 4 rings (SSSR count). The lowest BCUT2D eigenvalue weighted by Gasteiger charge is -2.48. The molecule has 1 saturated carbocycles. The second kappa shape index (κ2) is 9.16. The van der Waals surface area contributed by atoms with E-state index in [0.29, 0.717) is 17.4 Å². The Morgan fingerprint density at radius 2 is 1.78 bits per heavy atom. The molecule has 0 atom stereocenters. The van der Waals surface area contributed by atoms with Crippen molar-refractivity contribution in [1.29, 1.82) is 0 Å². The Kier molecular flexibility index (Phi) is 6.50. The van der Waals surface area contributed by atoms with E-state index >= 15 is 0 Å². The minimum atomic E-state index is -0.393. The molecular formula is C26H35FN4O. The van der Waals surface area contributed by atoms with E-state index < -0.39 is 5.82 Å². The van der Waals surface area contributed by atoms with Crippen LogP contribution >= 0.6 is 0 Å². The van der Waals surface area contributed by atoms with Crippen LogP contribution < -0.4 is 4.90 Å². The Bertz CT molecular complexity index is 952. The molecule has 1 amide bonds. The Labute approximate surface area is 191 Å². The molecule has 1 aliphatic heterocycles. The highest BCUT2D eigenvalue weighted by Gasteiger charge is 2.40. The molecule has 2 fully saturated rings. The zero-order valence-electron chi connectivity index (χ0n) is 19.8.